The van der Waals surface area contributed by atoms with E-state index < -0.39 is 10.0 Å². The number of benzene rings is 1. The van der Waals surface area contributed by atoms with E-state index >= 15 is 0 Å². The fourth-order valence-electron chi connectivity index (χ4n) is 4.76. The maximum absolute atomic E-state index is 12.9. The van der Waals surface area contributed by atoms with Crippen LogP contribution in [0.4, 0.5) is 5.69 Å². The Morgan fingerprint density at radius 2 is 2.00 bits per heavy atom. The maximum Gasteiger partial charge on any atom is 0.240 e. The SMILES string of the molecule is CCNS(=O)(=O)c1ccc2c(c1)N(C(=O)CC1CC3CCC(C1)N3)CC2. The van der Waals surface area contributed by atoms with Crippen molar-refractivity contribution in [2.24, 2.45) is 5.92 Å². The number of hydrogen-bond acceptors (Lipinski definition) is 4. The summed E-state index contributed by atoms with van der Waals surface area (Å²) in [5.74, 6) is 0.576. The zero-order chi connectivity index (χ0) is 18.3. The predicted octanol–water partition coefficient (Wildman–Crippen LogP) is 1.79. The van der Waals surface area contributed by atoms with Crippen LogP contribution in [0, 0.1) is 5.92 Å². The van der Waals surface area contributed by atoms with Gasteiger partial charge in [0, 0.05) is 37.3 Å². The number of fused-ring (bicyclic) bond motifs is 3. The minimum Gasteiger partial charge on any atom is -0.312 e. The van der Waals surface area contributed by atoms with Gasteiger partial charge in [0.15, 0.2) is 0 Å². The molecule has 2 fully saturated rings. The minimum atomic E-state index is -3.51. The van der Waals surface area contributed by atoms with Crippen molar-refractivity contribution in [3.8, 4) is 0 Å². The highest BCUT2D eigenvalue weighted by Crippen LogP contribution is 2.35. The van der Waals surface area contributed by atoms with E-state index in [4.69, 9.17) is 0 Å². The molecule has 0 radical (unpaired) electrons. The average Bonchev–Trinajstić information content (AvgIpc) is 3.17. The van der Waals surface area contributed by atoms with Crippen LogP contribution in [-0.4, -0.2) is 39.5 Å². The van der Waals surface area contributed by atoms with Crippen molar-refractivity contribution in [1.29, 1.82) is 0 Å². The first kappa shape index (κ1) is 17.9. The van der Waals surface area contributed by atoms with Gasteiger partial charge in [-0.1, -0.05) is 13.0 Å². The summed E-state index contributed by atoms with van der Waals surface area (Å²) in [4.78, 5) is 15.0. The number of nitrogens with one attached hydrogen (secondary N) is 2. The van der Waals surface area contributed by atoms with Gasteiger partial charge in [-0.05, 0) is 55.7 Å². The number of nitrogens with zero attached hydrogens (tertiary/aromatic N) is 1. The number of sulfonamides is 1. The molecule has 2 atom stereocenters. The van der Waals surface area contributed by atoms with Crippen LogP contribution < -0.4 is 14.9 Å². The summed E-state index contributed by atoms with van der Waals surface area (Å²) in [5.41, 5.74) is 1.82. The summed E-state index contributed by atoms with van der Waals surface area (Å²) in [7, 11) is -3.51. The fraction of sp³-hybridized carbons (Fsp3) is 0.632. The van der Waals surface area contributed by atoms with Crippen LogP contribution >= 0.6 is 0 Å². The van der Waals surface area contributed by atoms with Crippen LogP contribution in [0.1, 0.15) is 44.6 Å². The number of carbonyl (C=O) groups is 1. The van der Waals surface area contributed by atoms with Crippen LogP contribution in [0.5, 0.6) is 0 Å². The number of piperidine rings is 1. The second-order valence-corrected chi connectivity index (χ2v) is 9.53. The summed E-state index contributed by atoms with van der Waals surface area (Å²) in [5, 5.41) is 3.62. The normalized spacial score (nSPS) is 27.6. The highest BCUT2D eigenvalue weighted by atomic mass is 32.2. The molecule has 2 N–H and O–H groups in total. The molecule has 3 aliphatic rings. The first-order valence-electron chi connectivity index (χ1n) is 9.65. The lowest BCUT2D eigenvalue weighted by Crippen LogP contribution is -2.40. The van der Waals surface area contributed by atoms with Crippen molar-refractivity contribution in [2.75, 3.05) is 18.0 Å². The quantitative estimate of drug-likeness (QED) is 0.820. The molecular weight excluding hydrogens is 350 g/mol. The highest BCUT2D eigenvalue weighted by molar-refractivity contribution is 7.89. The van der Waals surface area contributed by atoms with Gasteiger partial charge >= 0.3 is 0 Å². The average molecular weight is 378 g/mol. The third kappa shape index (κ3) is 3.40. The van der Waals surface area contributed by atoms with Gasteiger partial charge in [0.1, 0.15) is 0 Å². The van der Waals surface area contributed by atoms with E-state index in [0.717, 1.165) is 30.5 Å². The summed E-state index contributed by atoms with van der Waals surface area (Å²) >= 11 is 0. The number of hydrogen-bond donors (Lipinski definition) is 2. The standard InChI is InChI=1S/C19H27N3O3S/c1-2-20-26(24,25)17-6-3-14-7-8-22(18(14)12-17)19(23)11-13-9-15-4-5-16(10-13)21-15/h3,6,12-13,15-16,20-21H,2,4-5,7-11H2,1H3. The largest absolute Gasteiger partial charge is 0.312 e. The van der Waals surface area contributed by atoms with Crippen LogP contribution in [-0.2, 0) is 21.2 Å². The Bertz CT molecular complexity index is 796. The summed E-state index contributed by atoms with van der Waals surface area (Å²) in [6, 6.07) is 6.29. The minimum absolute atomic E-state index is 0.132. The van der Waals surface area contributed by atoms with Gasteiger partial charge in [-0.15, -0.1) is 0 Å². The molecular formula is C19H27N3O3S. The molecule has 6 nitrogen and oxygen atoms in total. The maximum atomic E-state index is 12.9. The van der Waals surface area contributed by atoms with E-state index in [1.54, 1.807) is 24.0 Å². The summed E-state index contributed by atoms with van der Waals surface area (Å²) in [6.45, 7) is 2.75. The van der Waals surface area contributed by atoms with Crippen LogP contribution in [0.15, 0.2) is 23.1 Å². The molecule has 0 saturated carbocycles. The molecule has 0 aromatic heterocycles. The van der Waals surface area contributed by atoms with Gasteiger partial charge < -0.3 is 10.2 Å². The highest BCUT2D eigenvalue weighted by Gasteiger charge is 2.36. The van der Waals surface area contributed by atoms with Crippen molar-refractivity contribution in [3.63, 3.8) is 0 Å². The van der Waals surface area contributed by atoms with Gasteiger partial charge in [0.2, 0.25) is 15.9 Å². The van der Waals surface area contributed by atoms with E-state index in [0.29, 0.717) is 37.5 Å². The summed E-state index contributed by atoms with van der Waals surface area (Å²) < 4.78 is 27.1. The summed E-state index contributed by atoms with van der Waals surface area (Å²) in [6.07, 6.45) is 5.98. The lowest BCUT2D eigenvalue weighted by molar-refractivity contribution is -0.119. The van der Waals surface area contributed by atoms with E-state index in [1.165, 1.54) is 12.8 Å². The lowest BCUT2D eigenvalue weighted by atomic mass is 9.89. The fourth-order valence-corrected chi connectivity index (χ4v) is 5.82. The molecule has 2 saturated heterocycles. The van der Waals surface area contributed by atoms with E-state index in [-0.39, 0.29) is 10.8 Å². The number of carbonyl (C=O) groups excluding carboxylic acids is 1. The zero-order valence-corrected chi connectivity index (χ0v) is 16.0. The molecule has 2 bridgehead atoms. The van der Waals surface area contributed by atoms with Gasteiger partial charge in [0.25, 0.3) is 0 Å². The van der Waals surface area contributed by atoms with Crippen molar-refractivity contribution in [2.45, 2.75) is 62.4 Å². The first-order chi connectivity index (χ1) is 12.5. The number of anilines is 1. The molecule has 0 spiro atoms. The first-order valence-corrected chi connectivity index (χ1v) is 11.1. The number of rotatable bonds is 5. The molecule has 4 rings (SSSR count). The van der Waals surface area contributed by atoms with Crippen molar-refractivity contribution in [1.82, 2.24) is 10.0 Å². The van der Waals surface area contributed by atoms with Crippen LogP contribution in [0.25, 0.3) is 0 Å². The van der Waals surface area contributed by atoms with Crippen molar-refractivity contribution >= 4 is 21.6 Å². The molecule has 26 heavy (non-hydrogen) atoms. The molecule has 7 heteroatoms. The van der Waals surface area contributed by atoms with Gasteiger partial charge in [-0.2, -0.15) is 0 Å². The Kier molecular flexibility index (Phi) is 4.79. The molecule has 1 aromatic rings. The molecule has 1 amide bonds. The Labute approximate surface area is 155 Å². The molecule has 3 aliphatic heterocycles. The van der Waals surface area contributed by atoms with Crippen molar-refractivity contribution < 1.29 is 13.2 Å². The number of amides is 1. The topological polar surface area (TPSA) is 78.5 Å². The second-order valence-electron chi connectivity index (χ2n) is 7.77. The molecule has 3 heterocycles. The Balaban J connectivity index is 1.50. The molecule has 0 aliphatic carbocycles. The van der Waals surface area contributed by atoms with Crippen molar-refractivity contribution in [3.05, 3.63) is 23.8 Å². The van der Waals surface area contributed by atoms with E-state index in [9.17, 15) is 13.2 Å². The van der Waals surface area contributed by atoms with Gasteiger partial charge in [-0.25, -0.2) is 13.1 Å². The Morgan fingerprint density at radius 1 is 1.27 bits per heavy atom. The van der Waals surface area contributed by atoms with Gasteiger partial charge in [0.05, 0.1) is 4.90 Å². The van der Waals surface area contributed by atoms with Gasteiger partial charge in [-0.3, -0.25) is 4.79 Å². The smallest absolute Gasteiger partial charge is 0.240 e. The molecule has 2 unspecified atom stereocenters. The Hall–Kier alpha value is -1.44. The third-order valence-corrected chi connectivity index (χ3v) is 7.48. The monoisotopic (exact) mass is 377 g/mol. The van der Waals surface area contributed by atoms with E-state index in [1.807, 2.05) is 6.07 Å². The van der Waals surface area contributed by atoms with Crippen LogP contribution in [0.3, 0.4) is 0 Å². The van der Waals surface area contributed by atoms with E-state index in [2.05, 4.69) is 10.0 Å². The predicted molar refractivity (Wildman–Crippen MR) is 101 cm³/mol. The molecule has 1 aromatic carbocycles. The van der Waals surface area contributed by atoms with Crippen LogP contribution in [0.2, 0.25) is 0 Å². The second kappa shape index (κ2) is 6.94. The molecule has 142 valence electrons. The zero-order valence-electron chi connectivity index (χ0n) is 15.2. The third-order valence-electron chi connectivity index (χ3n) is 5.93. The lowest BCUT2D eigenvalue weighted by Gasteiger charge is -2.30. The Morgan fingerprint density at radius 3 is 2.69 bits per heavy atom.